The van der Waals surface area contributed by atoms with E-state index in [0.29, 0.717) is 11.3 Å². The number of fused-ring (bicyclic) bond motifs is 3. The van der Waals surface area contributed by atoms with Crippen molar-refractivity contribution in [2.75, 3.05) is 27.8 Å². The van der Waals surface area contributed by atoms with Crippen molar-refractivity contribution in [3.63, 3.8) is 0 Å². The van der Waals surface area contributed by atoms with Gasteiger partial charge < -0.3 is 30.7 Å². The lowest BCUT2D eigenvalue weighted by Gasteiger charge is -2.52. The summed E-state index contributed by atoms with van der Waals surface area (Å²) in [5.41, 5.74) is 4.39. The molecule has 246 valence electrons. The molecule has 3 aliphatic carbocycles. The van der Waals surface area contributed by atoms with Crippen LogP contribution in [0.1, 0.15) is 48.7 Å². The van der Waals surface area contributed by atoms with Gasteiger partial charge in [-0.1, -0.05) is 32.0 Å². The topological polar surface area (TPSA) is 151 Å². The van der Waals surface area contributed by atoms with Gasteiger partial charge in [-0.2, -0.15) is 0 Å². The number of benzene rings is 2. The first-order chi connectivity index (χ1) is 21.8. The molecule has 0 heterocycles. The van der Waals surface area contributed by atoms with Crippen LogP contribution in [0.2, 0.25) is 0 Å². The highest BCUT2D eigenvalue weighted by molar-refractivity contribution is 6.22. The number of para-hydroxylation sites is 1. The maximum absolute atomic E-state index is 16.4. The molecule has 0 saturated carbocycles. The Morgan fingerprint density at radius 1 is 1.22 bits per heavy atom. The minimum atomic E-state index is -1.51. The number of nitrogens with two attached hydrogens (primary N) is 1. The summed E-state index contributed by atoms with van der Waals surface area (Å²) in [5.74, 6) is -3.81. The zero-order valence-electron chi connectivity index (χ0n) is 27.0. The quantitative estimate of drug-likeness (QED) is 0.288. The van der Waals surface area contributed by atoms with Crippen LogP contribution in [0, 0.1) is 29.0 Å². The number of primary amides is 1. The fourth-order valence-corrected chi connectivity index (χ4v) is 7.41. The lowest BCUT2D eigenvalue weighted by molar-refractivity contribution is -0.129. The van der Waals surface area contributed by atoms with Gasteiger partial charge in [-0.3, -0.25) is 19.3 Å². The van der Waals surface area contributed by atoms with Crippen LogP contribution in [0.3, 0.4) is 0 Å². The average Bonchev–Trinajstić information content (AvgIpc) is 3.00. The number of carbonyl (C=O) groups is 3. The van der Waals surface area contributed by atoms with Crippen molar-refractivity contribution in [2.45, 2.75) is 52.2 Å². The fourth-order valence-electron chi connectivity index (χ4n) is 7.41. The molecule has 0 radical (unpaired) electrons. The van der Waals surface area contributed by atoms with E-state index < -0.39 is 57.9 Å². The van der Waals surface area contributed by atoms with Gasteiger partial charge in [0.15, 0.2) is 11.6 Å². The standard InChI is InChI=1S/C35H42FN3O7/c1-17(2)23(16-40)38-15-19-14-24(45-6)26-21(28(19)36)12-18-13-22-29(39(4)5)31(42)27(34(37)44)32(43)35(22,3)33(25(18)30(26)41)46-20-10-8-7-9-11-20/h7-11,14,17-18,22-23,29,38,40,43H,12-13,15-16H2,1-6H3,(H2,37,44)/t18-,22-,23+,29-,35-/m0/s1. The van der Waals surface area contributed by atoms with Crippen LogP contribution in [-0.4, -0.2) is 72.5 Å². The lowest BCUT2D eigenvalue weighted by Crippen LogP contribution is -2.59. The molecule has 0 unspecified atom stereocenters. The number of amides is 1. The number of nitrogens with zero attached hydrogens (tertiary/aromatic N) is 1. The predicted octanol–water partition coefficient (Wildman–Crippen LogP) is 3.47. The normalized spacial score (nSPS) is 25.0. The van der Waals surface area contributed by atoms with Gasteiger partial charge in [-0.25, -0.2) is 4.39 Å². The van der Waals surface area contributed by atoms with E-state index in [0.717, 1.165) is 0 Å². The van der Waals surface area contributed by atoms with Crippen LogP contribution in [0.25, 0.3) is 0 Å². The Labute approximate surface area is 268 Å². The first-order valence-corrected chi connectivity index (χ1v) is 15.5. The maximum atomic E-state index is 16.4. The van der Waals surface area contributed by atoms with Crippen LogP contribution in [0.5, 0.6) is 11.5 Å². The number of likely N-dealkylation sites (N-methyl/N-ethyl adjacent to an activating group) is 1. The molecule has 10 nitrogen and oxygen atoms in total. The molecule has 2 aromatic rings. The number of hydrogen-bond donors (Lipinski definition) is 4. The number of aliphatic hydroxyl groups is 2. The van der Waals surface area contributed by atoms with Gasteiger partial charge in [0.1, 0.15) is 34.4 Å². The molecule has 2 aromatic carbocycles. The Morgan fingerprint density at radius 2 is 1.89 bits per heavy atom. The van der Waals surface area contributed by atoms with Crippen LogP contribution in [0.15, 0.2) is 59.1 Å². The SMILES string of the molecule is COc1cc(CN[C@H](CO)C(C)C)c(F)c2c1C(=O)C1=C(Oc3ccccc3)[C@]3(C)C(O)=C(C(N)=O)C(=O)[C@@H](N(C)C)[C@@H]3C[C@@H]1C2. The fraction of sp³-hybridized carbons (Fsp3) is 0.457. The number of rotatable bonds is 10. The van der Waals surface area contributed by atoms with Crippen LogP contribution >= 0.6 is 0 Å². The molecule has 5 N–H and O–H groups in total. The largest absolute Gasteiger partial charge is 0.510 e. The minimum Gasteiger partial charge on any atom is -0.510 e. The highest BCUT2D eigenvalue weighted by atomic mass is 19.1. The molecular weight excluding hydrogens is 593 g/mol. The number of methoxy groups -OCH3 is 1. The Morgan fingerprint density at radius 3 is 2.46 bits per heavy atom. The summed E-state index contributed by atoms with van der Waals surface area (Å²) in [6, 6.07) is 9.04. The molecule has 5 atom stereocenters. The van der Waals surface area contributed by atoms with E-state index in [9.17, 15) is 24.6 Å². The summed E-state index contributed by atoms with van der Waals surface area (Å²) < 4.78 is 28.5. The van der Waals surface area contributed by atoms with Gasteiger partial charge in [-0.15, -0.1) is 0 Å². The molecular formula is C35H42FN3O7. The average molecular weight is 636 g/mol. The van der Waals surface area contributed by atoms with Gasteiger partial charge in [0.25, 0.3) is 5.91 Å². The van der Waals surface area contributed by atoms with Crippen molar-refractivity contribution >= 4 is 17.5 Å². The van der Waals surface area contributed by atoms with Crippen molar-refractivity contribution in [1.29, 1.82) is 0 Å². The predicted molar refractivity (Wildman–Crippen MR) is 169 cm³/mol. The molecule has 0 bridgehead atoms. The Hall–Kier alpha value is -4.06. The van der Waals surface area contributed by atoms with Crippen molar-refractivity contribution in [3.05, 3.63) is 81.6 Å². The number of hydrogen-bond acceptors (Lipinski definition) is 9. The second kappa shape index (κ2) is 12.6. The summed E-state index contributed by atoms with van der Waals surface area (Å²) in [6.45, 7) is 5.54. The third kappa shape index (κ3) is 5.30. The van der Waals surface area contributed by atoms with E-state index in [1.54, 1.807) is 56.3 Å². The van der Waals surface area contributed by atoms with Gasteiger partial charge >= 0.3 is 0 Å². The van der Waals surface area contributed by atoms with E-state index >= 15 is 4.39 Å². The van der Waals surface area contributed by atoms with E-state index in [2.05, 4.69) is 5.32 Å². The maximum Gasteiger partial charge on any atom is 0.255 e. The zero-order chi connectivity index (χ0) is 33.7. The third-order valence-electron chi connectivity index (χ3n) is 9.89. The summed E-state index contributed by atoms with van der Waals surface area (Å²) >= 11 is 0. The van der Waals surface area contributed by atoms with Crippen molar-refractivity contribution in [3.8, 4) is 11.5 Å². The van der Waals surface area contributed by atoms with Gasteiger partial charge in [-0.05, 0) is 63.9 Å². The highest BCUT2D eigenvalue weighted by Crippen LogP contribution is 2.58. The van der Waals surface area contributed by atoms with Crippen molar-refractivity contribution in [1.82, 2.24) is 10.2 Å². The summed E-state index contributed by atoms with van der Waals surface area (Å²) in [6.07, 6.45) is 0.323. The van der Waals surface area contributed by atoms with Gasteiger partial charge in [0.05, 0.1) is 30.7 Å². The monoisotopic (exact) mass is 635 g/mol. The highest BCUT2D eigenvalue weighted by Gasteiger charge is 2.61. The number of ketones is 2. The number of nitrogens with one attached hydrogen (secondary N) is 1. The van der Waals surface area contributed by atoms with Crippen molar-refractivity contribution in [2.24, 2.45) is 28.9 Å². The zero-order valence-corrected chi connectivity index (χ0v) is 27.0. The van der Waals surface area contributed by atoms with Crippen LogP contribution < -0.4 is 20.5 Å². The smallest absolute Gasteiger partial charge is 0.255 e. The Kier molecular flexibility index (Phi) is 9.14. The van der Waals surface area contributed by atoms with E-state index in [1.165, 1.54) is 13.2 Å². The third-order valence-corrected chi connectivity index (χ3v) is 9.89. The molecule has 1 amide bonds. The summed E-state index contributed by atoms with van der Waals surface area (Å²) in [4.78, 5) is 42.6. The van der Waals surface area contributed by atoms with Gasteiger partial charge in [0, 0.05) is 35.2 Å². The summed E-state index contributed by atoms with van der Waals surface area (Å²) in [7, 11) is 4.80. The lowest BCUT2D eigenvalue weighted by atomic mass is 9.54. The summed E-state index contributed by atoms with van der Waals surface area (Å²) in [5, 5.41) is 24.7. The van der Waals surface area contributed by atoms with Gasteiger partial charge in [0.2, 0.25) is 0 Å². The number of allylic oxidation sites excluding steroid dienone is 1. The number of carbonyl (C=O) groups excluding carboxylic acids is 3. The second-order valence-electron chi connectivity index (χ2n) is 13.1. The van der Waals surface area contributed by atoms with Crippen LogP contribution in [0.4, 0.5) is 4.39 Å². The molecule has 0 saturated heterocycles. The van der Waals surface area contributed by atoms with E-state index in [1.807, 2.05) is 13.8 Å². The Bertz CT molecular complexity index is 1630. The Balaban J connectivity index is 1.75. The molecule has 5 rings (SSSR count). The van der Waals surface area contributed by atoms with E-state index in [-0.39, 0.29) is 66.2 Å². The van der Waals surface area contributed by atoms with Crippen molar-refractivity contribution < 1.29 is 38.5 Å². The molecule has 0 fully saturated rings. The number of halogens is 1. The molecule has 0 aliphatic heterocycles. The first kappa shape index (κ1) is 33.3. The van der Waals surface area contributed by atoms with Crippen LogP contribution in [-0.2, 0) is 22.6 Å². The molecule has 0 spiro atoms. The molecule has 3 aliphatic rings. The number of aliphatic hydroxyl groups excluding tert-OH is 2. The second-order valence-corrected chi connectivity index (χ2v) is 13.1. The number of ether oxygens (including phenoxy) is 2. The number of Topliss-reactive ketones (excluding diaryl/α,β-unsaturated/α-hetero) is 2. The van der Waals surface area contributed by atoms with E-state index in [4.69, 9.17) is 15.2 Å². The first-order valence-electron chi connectivity index (χ1n) is 15.5. The molecule has 46 heavy (non-hydrogen) atoms. The molecule has 0 aromatic heterocycles. The molecule has 11 heteroatoms. The minimum absolute atomic E-state index is 0.0587.